The summed E-state index contributed by atoms with van der Waals surface area (Å²) in [7, 11) is 0. The summed E-state index contributed by atoms with van der Waals surface area (Å²) in [6, 6.07) is 0. The molecular weight excluding hydrogens is 128 g/mol. The summed E-state index contributed by atoms with van der Waals surface area (Å²) in [6.45, 7) is 6.89. The third kappa shape index (κ3) is 1.89. The van der Waals surface area contributed by atoms with E-state index in [0.29, 0.717) is 0 Å². The zero-order valence-corrected chi connectivity index (χ0v) is 7.42. The van der Waals surface area contributed by atoms with Gasteiger partial charge in [0.05, 0.1) is 0 Å². The number of hydrogen-bond acceptors (Lipinski definition) is 1. The standard InChI is InChI=1S/C8H16S/c1-4-8(5-6-8)9-7(2)3/h7H,4-6H2,1-3H3. The van der Waals surface area contributed by atoms with Crippen LogP contribution in [-0.2, 0) is 0 Å². The maximum Gasteiger partial charge on any atom is 0.0161 e. The van der Waals surface area contributed by atoms with Crippen LogP contribution in [0.3, 0.4) is 0 Å². The molecule has 0 unspecified atom stereocenters. The van der Waals surface area contributed by atoms with E-state index in [-0.39, 0.29) is 0 Å². The third-order valence-electron chi connectivity index (χ3n) is 1.94. The Balaban J connectivity index is 2.25. The SMILES string of the molecule is CCC1(SC(C)C)CC1. The molecule has 1 rings (SSSR count). The molecule has 1 heteroatoms. The van der Waals surface area contributed by atoms with E-state index in [1.807, 2.05) is 0 Å². The highest BCUT2D eigenvalue weighted by atomic mass is 32.2. The highest BCUT2D eigenvalue weighted by Crippen LogP contribution is 2.52. The molecule has 0 aromatic rings. The van der Waals surface area contributed by atoms with Crippen LogP contribution in [0.1, 0.15) is 40.0 Å². The smallest absolute Gasteiger partial charge is 0.0161 e. The minimum Gasteiger partial charge on any atom is -0.152 e. The predicted octanol–water partition coefficient (Wildman–Crippen LogP) is 3.07. The van der Waals surface area contributed by atoms with Crippen molar-refractivity contribution in [2.24, 2.45) is 0 Å². The average molecular weight is 144 g/mol. The maximum atomic E-state index is 2.31. The molecule has 0 nitrogen and oxygen atoms in total. The molecule has 0 spiro atoms. The lowest BCUT2D eigenvalue weighted by Crippen LogP contribution is -2.04. The zero-order chi connectivity index (χ0) is 6.91. The lowest BCUT2D eigenvalue weighted by Gasteiger charge is -2.13. The van der Waals surface area contributed by atoms with E-state index >= 15 is 0 Å². The molecule has 1 saturated carbocycles. The first kappa shape index (κ1) is 7.46. The van der Waals surface area contributed by atoms with Crippen LogP contribution in [0.5, 0.6) is 0 Å². The van der Waals surface area contributed by atoms with E-state index in [1.54, 1.807) is 0 Å². The second-order valence-corrected chi connectivity index (χ2v) is 5.25. The van der Waals surface area contributed by atoms with Gasteiger partial charge in [-0.2, -0.15) is 11.8 Å². The largest absolute Gasteiger partial charge is 0.152 e. The first-order valence-corrected chi connectivity index (χ1v) is 4.74. The van der Waals surface area contributed by atoms with E-state index < -0.39 is 0 Å². The van der Waals surface area contributed by atoms with Gasteiger partial charge in [-0.15, -0.1) is 0 Å². The van der Waals surface area contributed by atoms with Gasteiger partial charge in [0.25, 0.3) is 0 Å². The van der Waals surface area contributed by atoms with Crippen LogP contribution < -0.4 is 0 Å². The number of hydrogen-bond donors (Lipinski definition) is 0. The fraction of sp³-hybridized carbons (Fsp3) is 1.00. The second-order valence-electron chi connectivity index (χ2n) is 3.20. The highest BCUT2D eigenvalue weighted by Gasteiger charge is 2.41. The van der Waals surface area contributed by atoms with E-state index in [4.69, 9.17) is 0 Å². The van der Waals surface area contributed by atoms with Gasteiger partial charge in [0, 0.05) is 4.75 Å². The molecule has 0 aliphatic heterocycles. The molecule has 1 aliphatic rings. The lowest BCUT2D eigenvalue weighted by atomic mass is 10.3. The van der Waals surface area contributed by atoms with Crippen LogP contribution in [0.15, 0.2) is 0 Å². The van der Waals surface area contributed by atoms with Gasteiger partial charge < -0.3 is 0 Å². The molecule has 0 aromatic carbocycles. The molecule has 0 atom stereocenters. The summed E-state index contributed by atoms with van der Waals surface area (Å²) >= 11 is 2.17. The molecule has 9 heavy (non-hydrogen) atoms. The Morgan fingerprint density at radius 2 is 2.00 bits per heavy atom. The van der Waals surface area contributed by atoms with Crippen molar-refractivity contribution in [2.75, 3.05) is 0 Å². The molecular formula is C8H16S. The van der Waals surface area contributed by atoms with Gasteiger partial charge in [0.1, 0.15) is 0 Å². The predicted molar refractivity (Wildman–Crippen MR) is 45.0 cm³/mol. The van der Waals surface area contributed by atoms with Crippen LogP contribution in [0.25, 0.3) is 0 Å². The van der Waals surface area contributed by atoms with Crippen LogP contribution in [0, 0.1) is 0 Å². The van der Waals surface area contributed by atoms with Gasteiger partial charge in [-0.3, -0.25) is 0 Å². The number of rotatable bonds is 3. The van der Waals surface area contributed by atoms with Crippen LogP contribution in [-0.4, -0.2) is 10.00 Å². The van der Waals surface area contributed by atoms with E-state index in [2.05, 4.69) is 32.5 Å². The van der Waals surface area contributed by atoms with Crippen molar-refractivity contribution in [3.63, 3.8) is 0 Å². The van der Waals surface area contributed by atoms with Crippen molar-refractivity contribution < 1.29 is 0 Å². The minimum absolute atomic E-state index is 0.730. The minimum atomic E-state index is 0.730. The Kier molecular flexibility index (Phi) is 2.10. The number of thioether (sulfide) groups is 1. The quantitative estimate of drug-likeness (QED) is 0.586. The molecule has 0 bridgehead atoms. The zero-order valence-electron chi connectivity index (χ0n) is 6.61. The summed E-state index contributed by atoms with van der Waals surface area (Å²) in [5.41, 5.74) is 0. The molecule has 0 aromatic heterocycles. The maximum absolute atomic E-state index is 2.31. The molecule has 1 fully saturated rings. The Labute approximate surface area is 62.4 Å². The normalized spacial score (nSPS) is 22.7. The summed E-state index contributed by atoms with van der Waals surface area (Å²) < 4.78 is 0.730. The Morgan fingerprint density at radius 3 is 2.11 bits per heavy atom. The third-order valence-corrected chi connectivity index (χ3v) is 3.61. The van der Waals surface area contributed by atoms with Gasteiger partial charge >= 0.3 is 0 Å². The van der Waals surface area contributed by atoms with Gasteiger partial charge in [0.15, 0.2) is 0 Å². The van der Waals surface area contributed by atoms with Crippen molar-refractivity contribution in [1.29, 1.82) is 0 Å². The fourth-order valence-electron chi connectivity index (χ4n) is 1.19. The topological polar surface area (TPSA) is 0 Å². The van der Waals surface area contributed by atoms with E-state index in [1.165, 1.54) is 19.3 Å². The summed E-state index contributed by atoms with van der Waals surface area (Å²) in [5, 5.41) is 0.826. The second kappa shape index (κ2) is 2.53. The van der Waals surface area contributed by atoms with Gasteiger partial charge in [0.2, 0.25) is 0 Å². The van der Waals surface area contributed by atoms with Crippen molar-refractivity contribution in [3.8, 4) is 0 Å². The van der Waals surface area contributed by atoms with Crippen LogP contribution in [0.4, 0.5) is 0 Å². The molecule has 0 N–H and O–H groups in total. The van der Waals surface area contributed by atoms with Crippen molar-refractivity contribution in [2.45, 2.75) is 50.0 Å². The molecule has 0 heterocycles. The highest BCUT2D eigenvalue weighted by molar-refractivity contribution is 8.01. The molecule has 0 saturated heterocycles. The summed E-state index contributed by atoms with van der Waals surface area (Å²) in [4.78, 5) is 0. The first-order chi connectivity index (χ1) is 4.18. The first-order valence-electron chi connectivity index (χ1n) is 3.86. The van der Waals surface area contributed by atoms with Crippen LogP contribution >= 0.6 is 11.8 Å². The molecule has 0 radical (unpaired) electrons. The van der Waals surface area contributed by atoms with Gasteiger partial charge in [-0.25, -0.2) is 0 Å². The monoisotopic (exact) mass is 144 g/mol. The van der Waals surface area contributed by atoms with Gasteiger partial charge in [-0.05, 0) is 24.5 Å². The van der Waals surface area contributed by atoms with E-state index in [9.17, 15) is 0 Å². The fourth-order valence-corrected chi connectivity index (χ4v) is 2.70. The average Bonchev–Trinajstić information content (AvgIpc) is 2.48. The van der Waals surface area contributed by atoms with E-state index in [0.717, 1.165) is 10.00 Å². The van der Waals surface area contributed by atoms with Gasteiger partial charge in [-0.1, -0.05) is 20.8 Å². The Bertz CT molecular complexity index is 92.7. The summed E-state index contributed by atoms with van der Waals surface area (Å²) in [6.07, 6.45) is 4.30. The Hall–Kier alpha value is 0.350. The summed E-state index contributed by atoms with van der Waals surface area (Å²) in [5.74, 6) is 0. The van der Waals surface area contributed by atoms with Crippen LogP contribution in [0.2, 0.25) is 0 Å². The molecule has 54 valence electrons. The van der Waals surface area contributed by atoms with Crippen molar-refractivity contribution >= 4 is 11.8 Å². The molecule has 1 aliphatic carbocycles. The lowest BCUT2D eigenvalue weighted by molar-refractivity contribution is 0.844. The Morgan fingerprint density at radius 1 is 1.44 bits per heavy atom. The van der Waals surface area contributed by atoms with Crippen molar-refractivity contribution in [1.82, 2.24) is 0 Å². The van der Waals surface area contributed by atoms with Crippen molar-refractivity contribution in [3.05, 3.63) is 0 Å². The molecule has 0 amide bonds.